The molecule has 5 nitrogen and oxygen atoms in total. The molecule has 2 heterocycles. The molecular formula is C26H21Cl3N2O3. The predicted molar refractivity (Wildman–Crippen MR) is 136 cm³/mol. The lowest BCUT2D eigenvalue weighted by Crippen LogP contribution is -2.46. The highest BCUT2D eigenvalue weighted by Crippen LogP contribution is 2.40. The summed E-state index contributed by atoms with van der Waals surface area (Å²) in [5.41, 5.74) is 2.85. The average molecular weight is 516 g/mol. The molecule has 0 spiro atoms. The zero-order valence-corrected chi connectivity index (χ0v) is 20.4. The van der Waals surface area contributed by atoms with Crippen molar-refractivity contribution in [2.24, 2.45) is 0 Å². The summed E-state index contributed by atoms with van der Waals surface area (Å²) < 4.78 is 5.97. The molecule has 0 bridgehead atoms. The molecule has 174 valence electrons. The third-order valence-electron chi connectivity index (χ3n) is 6.08. The van der Waals surface area contributed by atoms with Crippen molar-refractivity contribution in [1.29, 1.82) is 0 Å². The summed E-state index contributed by atoms with van der Waals surface area (Å²) in [4.78, 5) is 17.5. The van der Waals surface area contributed by atoms with Crippen LogP contribution in [0, 0.1) is 0 Å². The van der Waals surface area contributed by atoms with Crippen LogP contribution in [-0.4, -0.2) is 42.0 Å². The lowest BCUT2D eigenvalue weighted by molar-refractivity contribution is 0.101. The van der Waals surface area contributed by atoms with Gasteiger partial charge in [-0.2, -0.15) is 0 Å². The number of rotatable bonds is 4. The summed E-state index contributed by atoms with van der Waals surface area (Å²) in [6.07, 6.45) is 1.63. The molecule has 0 atom stereocenters. The normalized spacial score (nSPS) is 17.2. The first-order valence-electron chi connectivity index (χ1n) is 10.9. The number of benzene rings is 3. The van der Waals surface area contributed by atoms with Gasteiger partial charge in [0.05, 0.1) is 21.2 Å². The Kier molecular flexibility index (Phi) is 6.45. The zero-order chi connectivity index (χ0) is 23.8. The van der Waals surface area contributed by atoms with E-state index in [0.29, 0.717) is 39.0 Å². The van der Waals surface area contributed by atoms with Crippen molar-refractivity contribution in [1.82, 2.24) is 4.90 Å². The summed E-state index contributed by atoms with van der Waals surface area (Å²) >= 11 is 18.2. The van der Waals surface area contributed by atoms with Crippen molar-refractivity contribution in [3.05, 3.63) is 92.1 Å². The van der Waals surface area contributed by atoms with Crippen LogP contribution in [0.15, 0.2) is 60.4 Å². The molecule has 0 amide bonds. The van der Waals surface area contributed by atoms with Crippen molar-refractivity contribution in [3.63, 3.8) is 0 Å². The summed E-state index contributed by atoms with van der Waals surface area (Å²) in [6, 6.07) is 16.1. The molecule has 8 heteroatoms. The van der Waals surface area contributed by atoms with E-state index in [9.17, 15) is 9.90 Å². The smallest absolute Gasteiger partial charge is 0.231 e. The number of anilines is 1. The number of carbonyl (C=O) groups excluding carboxylic acids is 1. The van der Waals surface area contributed by atoms with Crippen LogP contribution in [0.25, 0.3) is 6.08 Å². The predicted octanol–water partition coefficient (Wildman–Crippen LogP) is 6.29. The van der Waals surface area contributed by atoms with E-state index in [1.54, 1.807) is 36.4 Å². The molecule has 3 aromatic rings. The van der Waals surface area contributed by atoms with E-state index in [2.05, 4.69) is 15.9 Å². The number of piperazine rings is 1. The molecule has 1 N–H and O–H groups in total. The highest BCUT2D eigenvalue weighted by atomic mass is 35.5. The quantitative estimate of drug-likeness (QED) is 0.414. The van der Waals surface area contributed by atoms with Gasteiger partial charge in [0.1, 0.15) is 11.5 Å². The Bertz CT molecular complexity index is 1300. The number of phenolic OH excluding ortho intramolecular Hbond substituents is 1. The van der Waals surface area contributed by atoms with E-state index >= 15 is 0 Å². The molecule has 0 radical (unpaired) electrons. The first kappa shape index (κ1) is 23.1. The second kappa shape index (κ2) is 9.51. The van der Waals surface area contributed by atoms with Gasteiger partial charge in [-0.3, -0.25) is 9.69 Å². The topological polar surface area (TPSA) is 53.0 Å². The van der Waals surface area contributed by atoms with E-state index in [-0.39, 0.29) is 17.3 Å². The fourth-order valence-electron chi connectivity index (χ4n) is 4.26. The molecule has 3 aromatic carbocycles. The number of hydrogen-bond donors (Lipinski definition) is 1. The van der Waals surface area contributed by atoms with Crippen LogP contribution < -0.4 is 9.64 Å². The van der Waals surface area contributed by atoms with E-state index in [4.69, 9.17) is 39.5 Å². The number of ether oxygens (including phenoxy) is 1. The van der Waals surface area contributed by atoms with Gasteiger partial charge in [0, 0.05) is 43.4 Å². The van der Waals surface area contributed by atoms with Crippen LogP contribution in [0.5, 0.6) is 11.5 Å². The second-order valence-corrected chi connectivity index (χ2v) is 9.55. The molecule has 0 aromatic heterocycles. The maximum atomic E-state index is 13.0. The van der Waals surface area contributed by atoms with Gasteiger partial charge in [0.15, 0.2) is 5.76 Å². The fourth-order valence-corrected chi connectivity index (χ4v) is 4.75. The highest BCUT2D eigenvalue weighted by molar-refractivity contribution is 6.42. The number of halogens is 3. The monoisotopic (exact) mass is 514 g/mol. The molecule has 0 unspecified atom stereocenters. The van der Waals surface area contributed by atoms with Crippen molar-refractivity contribution in [3.8, 4) is 11.5 Å². The minimum absolute atomic E-state index is 0.111. The lowest BCUT2D eigenvalue weighted by atomic mass is 10.0. The van der Waals surface area contributed by atoms with E-state index < -0.39 is 0 Å². The number of fused-ring (bicyclic) bond motifs is 1. The van der Waals surface area contributed by atoms with Gasteiger partial charge in [-0.1, -0.05) is 46.9 Å². The Labute approximate surface area is 212 Å². The zero-order valence-electron chi connectivity index (χ0n) is 18.1. The molecule has 2 aliphatic rings. The molecule has 34 heavy (non-hydrogen) atoms. The van der Waals surface area contributed by atoms with E-state index in [1.165, 1.54) is 0 Å². The number of Topliss-reactive ketones (excluding diaryl/α,β-unsaturated/α-hetero) is 1. The van der Waals surface area contributed by atoms with Crippen LogP contribution in [0.1, 0.15) is 21.5 Å². The average Bonchev–Trinajstić information content (AvgIpc) is 3.14. The number of nitrogens with zero attached hydrogens (tertiary/aromatic N) is 2. The van der Waals surface area contributed by atoms with Gasteiger partial charge in [-0.15, -0.1) is 0 Å². The van der Waals surface area contributed by atoms with Crippen LogP contribution in [0.4, 0.5) is 5.69 Å². The number of ketones is 1. The largest absolute Gasteiger partial charge is 0.507 e. The molecule has 1 fully saturated rings. The maximum absolute atomic E-state index is 13.0. The van der Waals surface area contributed by atoms with Gasteiger partial charge in [-0.25, -0.2) is 0 Å². The van der Waals surface area contributed by atoms with Crippen molar-refractivity contribution < 1.29 is 14.6 Å². The van der Waals surface area contributed by atoms with Crippen LogP contribution >= 0.6 is 34.8 Å². The SMILES string of the molecule is O=C1/C(=C/c2ccc(Cl)c(Cl)c2)Oc2c1ccc(O)c2CN1CCN(c2cccc(Cl)c2)CC1. The molecule has 0 aliphatic carbocycles. The number of phenols is 1. The molecular weight excluding hydrogens is 495 g/mol. The highest BCUT2D eigenvalue weighted by Gasteiger charge is 2.32. The van der Waals surface area contributed by atoms with Gasteiger partial charge in [0.25, 0.3) is 0 Å². The summed E-state index contributed by atoms with van der Waals surface area (Å²) in [5.74, 6) is 0.479. The minimum atomic E-state index is -0.229. The number of hydrogen-bond acceptors (Lipinski definition) is 5. The van der Waals surface area contributed by atoms with Gasteiger partial charge in [0.2, 0.25) is 5.78 Å². The van der Waals surface area contributed by atoms with Crippen LogP contribution in [0.2, 0.25) is 15.1 Å². The maximum Gasteiger partial charge on any atom is 0.231 e. The summed E-state index contributed by atoms with van der Waals surface area (Å²) in [6.45, 7) is 3.74. The van der Waals surface area contributed by atoms with E-state index in [1.807, 2.05) is 18.2 Å². The molecule has 5 rings (SSSR count). The van der Waals surface area contributed by atoms with Gasteiger partial charge in [-0.05, 0) is 54.1 Å². The first-order valence-corrected chi connectivity index (χ1v) is 12.0. The van der Waals surface area contributed by atoms with Gasteiger partial charge >= 0.3 is 0 Å². The Morgan fingerprint density at radius 3 is 2.47 bits per heavy atom. The summed E-state index contributed by atoms with van der Waals surface area (Å²) in [7, 11) is 0. The van der Waals surface area contributed by atoms with Crippen molar-refractivity contribution in [2.75, 3.05) is 31.1 Å². The second-order valence-electron chi connectivity index (χ2n) is 8.30. The minimum Gasteiger partial charge on any atom is -0.507 e. The first-order chi connectivity index (χ1) is 16.4. The third-order valence-corrected chi connectivity index (χ3v) is 7.06. The standard InChI is InChI=1S/C26H21Cl3N2O3/c27-17-2-1-3-18(14-17)31-10-8-30(9-11-31)15-20-23(32)7-5-19-25(33)24(34-26(19)20)13-16-4-6-21(28)22(29)12-16/h1-7,12-14,32H,8-11,15H2/b24-13-. The fraction of sp³-hybridized carbons (Fsp3) is 0.192. The molecule has 1 saturated heterocycles. The van der Waals surface area contributed by atoms with Gasteiger partial charge < -0.3 is 14.7 Å². The van der Waals surface area contributed by atoms with E-state index in [0.717, 1.165) is 36.9 Å². The Hall–Kier alpha value is -2.70. The Morgan fingerprint density at radius 2 is 1.74 bits per heavy atom. The molecule has 2 aliphatic heterocycles. The molecule has 0 saturated carbocycles. The van der Waals surface area contributed by atoms with Crippen molar-refractivity contribution in [2.45, 2.75) is 6.54 Å². The number of carbonyl (C=O) groups is 1. The number of allylic oxidation sites excluding steroid dienone is 1. The Balaban J connectivity index is 1.33. The van der Waals surface area contributed by atoms with Crippen molar-refractivity contribution >= 4 is 52.3 Å². The third kappa shape index (κ3) is 4.62. The van der Waals surface area contributed by atoms with Crippen LogP contribution in [0.3, 0.4) is 0 Å². The number of aromatic hydroxyl groups is 1. The summed E-state index contributed by atoms with van der Waals surface area (Å²) in [5, 5.41) is 12.2. The lowest BCUT2D eigenvalue weighted by Gasteiger charge is -2.36. The van der Waals surface area contributed by atoms with Crippen LogP contribution in [-0.2, 0) is 6.54 Å². The Morgan fingerprint density at radius 1 is 0.941 bits per heavy atom.